The summed E-state index contributed by atoms with van der Waals surface area (Å²) in [5.41, 5.74) is 1.36. The van der Waals surface area contributed by atoms with Crippen molar-refractivity contribution < 1.29 is 4.39 Å². The highest BCUT2D eigenvalue weighted by atomic mass is 32.1. The molecule has 0 aliphatic carbocycles. The Morgan fingerprint density at radius 2 is 1.89 bits per heavy atom. The lowest BCUT2D eigenvalue weighted by Crippen LogP contribution is -2.06. The highest BCUT2D eigenvalue weighted by Gasteiger charge is 2.10. The van der Waals surface area contributed by atoms with Crippen LogP contribution in [0.15, 0.2) is 34.4 Å². The molecule has 0 spiro atoms. The molecule has 2 aromatic heterocycles. The second-order valence-corrected chi connectivity index (χ2v) is 5.06. The fourth-order valence-corrected chi connectivity index (χ4v) is 3.05. The maximum absolute atomic E-state index is 12.9. The molecule has 0 fully saturated rings. The second kappa shape index (κ2) is 4.15. The Balaban J connectivity index is 2.34. The van der Waals surface area contributed by atoms with E-state index in [2.05, 4.69) is 9.97 Å². The summed E-state index contributed by atoms with van der Waals surface area (Å²) in [6.45, 7) is 0. The number of aromatic amines is 2. The number of benzene rings is 1. The van der Waals surface area contributed by atoms with Crippen LogP contribution < -0.4 is 5.56 Å². The summed E-state index contributed by atoms with van der Waals surface area (Å²) in [6, 6.07) is 6.05. The van der Waals surface area contributed by atoms with Gasteiger partial charge in [-0.25, -0.2) is 4.39 Å². The highest BCUT2D eigenvalue weighted by molar-refractivity contribution is 7.71. The van der Waals surface area contributed by atoms with Gasteiger partial charge in [-0.2, -0.15) is 0 Å². The molecule has 3 rings (SSSR count). The minimum atomic E-state index is -0.299. The Kier molecular flexibility index (Phi) is 2.61. The van der Waals surface area contributed by atoms with Crippen LogP contribution in [0.5, 0.6) is 0 Å². The summed E-state index contributed by atoms with van der Waals surface area (Å²) >= 11 is 6.32. The molecule has 2 heterocycles. The van der Waals surface area contributed by atoms with E-state index in [0.717, 1.165) is 16.0 Å². The predicted octanol–water partition coefficient (Wildman–Crippen LogP) is 3.45. The van der Waals surface area contributed by atoms with Gasteiger partial charge in [-0.3, -0.25) is 9.78 Å². The van der Waals surface area contributed by atoms with Gasteiger partial charge in [0.2, 0.25) is 0 Å². The topological polar surface area (TPSA) is 48.6 Å². The van der Waals surface area contributed by atoms with Crippen molar-refractivity contribution in [1.29, 1.82) is 0 Å². The van der Waals surface area contributed by atoms with Gasteiger partial charge in [-0.1, -0.05) is 12.1 Å². The van der Waals surface area contributed by atoms with Gasteiger partial charge in [0.15, 0.2) is 4.77 Å². The maximum atomic E-state index is 12.9. The number of aromatic nitrogens is 2. The zero-order valence-electron chi connectivity index (χ0n) is 8.99. The van der Waals surface area contributed by atoms with Crippen molar-refractivity contribution in [3.63, 3.8) is 0 Å². The molecule has 90 valence electrons. The fourth-order valence-electron chi connectivity index (χ4n) is 1.82. The molecule has 18 heavy (non-hydrogen) atoms. The number of rotatable bonds is 1. The van der Waals surface area contributed by atoms with E-state index in [1.54, 1.807) is 12.1 Å². The van der Waals surface area contributed by atoms with Gasteiger partial charge in [-0.15, -0.1) is 11.3 Å². The van der Waals surface area contributed by atoms with Gasteiger partial charge in [0, 0.05) is 10.9 Å². The molecule has 0 bridgehead atoms. The number of thiophene rings is 1. The van der Waals surface area contributed by atoms with Crippen LogP contribution in [0.2, 0.25) is 0 Å². The minimum absolute atomic E-state index is 0.227. The van der Waals surface area contributed by atoms with Crippen molar-refractivity contribution in [2.45, 2.75) is 0 Å². The molecular weight excluding hydrogens is 271 g/mol. The van der Waals surface area contributed by atoms with Gasteiger partial charge in [0.1, 0.15) is 10.6 Å². The first kappa shape index (κ1) is 11.3. The van der Waals surface area contributed by atoms with E-state index < -0.39 is 0 Å². The molecule has 0 amide bonds. The zero-order valence-corrected chi connectivity index (χ0v) is 10.6. The van der Waals surface area contributed by atoms with Crippen LogP contribution >= 0.6 is 23.6 Å². The molecule has 0 aliphatic heterocycles. The molecule has 2 N–H and O–H groups in total. The van der Waals surface area contributed by atoms with Crippen molar-refractivity contribution >= 4 is 33.8 Å². The number of nitrogens with one attached hydrogen (secondary N) is 2. The molecule has 0 radical (unpaired) electrons. The Morgan fingerprint density at radius 1 is 1.17 bits per heavy atom. The Bertz CT molecular complexity index is 830. The second-order valence-electron chi connectivity index (χ2n) is 3.77. The van der Waals surface area contributed by atoms with Crippen molar-refractivity contribution in [2.24, 2.45) is 0 Å². The van der Waals surface area contributed by atoms with Crippen LogP contribution in [0, 0.1) is 10.6 Å². The molecule has 0 saturated carbocycles. The minimum Gasteiger partial charge on any atom is -0.323 e. The monoisotopic (exact) mass is 278 g/mol. The van der Waals surface area contributed by atoms with E-state index in [9.17, 15) is 9.18 Å². The third-order valence-corrected chi connectivity index (χ3v) is 3.73. The average Bonchev–Trinajstić information content (AvgIpc) is 2.74. The predicted molar refractivity (Wildman–Crippen MR) is 73.0 cm³/mol. The van der Waals surface area contributed by atoms with Gasteiger partial charge in [0.05, 0.1) is 5.39 Å². The van der Waals surface area contributed by atoms with E-state index in [4.69, 9.17) is 12.2 Å². The maximum Gasteiger partial charge on any atom is 0.261 e. The Labute approximate surface area is 110 Å². The SMILES string of the molecule is O=c1[nH]c(=S)[nH]c2scc(-c3ccc(F)cc3)c12. The smallest absolute Gasteiger partial charge is 0.261 e. The molecule has 1 aromatic carbocycles. The summed E-state index contributed by atoms with van der Waals surface area (Å²) in [5, 5.41) is 2.42. The van der Waals surface area contributed by atoms with Crippen molar-refractivity contribution in [2.75, 3.05) is 0 Å². The summed E-state index contributed by atoms with van der Waals surface area (Å²) in [6.07, 6.45) is 0. The number of fused-ring (bicyclic) bond motifs is 1. The first-order valence-corrected chi connectivity index (χ1v) is 6.44. The van der Waals surface area contributed by atoms with Gasteiger partial charge < -0.3 is 4.98 Å². The third kappa shape index (κ3) is 1.79. The van der Waals surface area contributed by atoms with Crippen molar-refractivity contribution in [1.82, 2.24) is 9.97 Å². The van der Waals surface area contributed by atoms with Crippen LogP contribution in [0.3, 0.4) is 0 Å². The molecule has 3 aromatic rings. The molecule has 6 heteroatoms. The Hall–Kier alpha value is -1.79. The first-order chi connectivity index (χ1) is 8.65. The van der Waals surface area contributed by atoms with E-state index in [1.807, 2.05) is 5.38 Å². The van der Waals surface area contributed by atoms with Gasteiger partial charge in [-0.05, 0) is 29.9 Å². The van der Waals surface area contributed by atoms with Crippen LogP contribution in [0.4, 0.5) is 4.39 Å². The number of halogens is 1. The summed E-state index contributed by atoms with van der Waals surface area (Å²) in [7, 11) is 0. The molecule has 0 unspecified atom stereocenters. The molecule has 3 nitrogen and oxygen atoms in total. The normalized spacial score (nSPS) is 10.9. The highest BCUT2D eigenvalue weighted by Crippen LogP contribution is 2.30. The van der Waals surface area contributed by atoms with Crippen molar-refractivity contribution in [3.8, 4) is 11.1 Å². The molecule has 0 aliphatic rings. The summed E-state index contributed by atoms with van der Waals surface area (Å²) in [5.74, 6) is -0.299. The first-order valence-electron chi connectivity index (χ1n) is 5.15. The van der Waals surface area contributed by atoms with Crippen LogP contribution in [0.1, 0.15) is 0 Å². The van der Waals surface area contributed by atoms with Crippen LogP contribution in [0.25, 0.3) is 21.3 Å². The molecule has 0 saturated heterocycles. The van der Waals surface area contributed by atoms with Gasteiger partial charge in [0.25, 0.3) is 5.56 Å². The quantitative estimate of drug-likeness (QED) is 0.670. The summed E-state index contributed by atoms with van der Waals surface area (Å²) in [4.78, 5) is 18.1. The largest absolute Gasteiger partial charge is 0.323 e. The van der Waals surface area contributed by atoms with Crippen LogP contribution in [-0.4, -0.2) is 9.97 Å². The van der Waals surface area contributed by atoms with Gasteiger partial charge >= 0.3 is 0 Å². The third-order valence-electron chi connectivity index (χ3n) is 2.63. The lowest BCUT2D eigenvalue weighted by molar-refractivity contribution is 0.628. The van der Waals surface area contributed by atoms with E-state index in [1.165, 1.54) is 23.5 Å². The number of hydrogen-bond acceptors (Lipinski definition) is 3. The van der Waals surface area contributed by atoms with Crippen LogP contribution in [-0.2, 0) is 0 Å². The standard InChI is InChI=1S/C12H7FN2OS2/c13-7-3-1-6(2-4-7)8-5-18-11-9(8)10(16)14-12(17)15-11/h1-5H,(H2,14,15,16,17). The number of H-pyrrole nitrogens is 2. The lowest BCUT2D eigenvalue weighted by Gasteiger charge is -1.98. The molecular formula is C12H7FN2OS2. The van der Waals surface area contributed by atoms with Crippen molar-refractivity contribution in [3.05, 3.63) is 50.6 Å². The lowest BCUT2D eigenvalue weighted by atomic mass is 10.1. The van der Waals surface area contributed by atoms with E-state index in [0.29, 0.717) is 10.2 Å². The number of hydrogen-bond donors (Lipinski definition) is 2. The van der Waals surface area contributed by atoms with E-state index in [-0.39, 0.29) is 11.4 Å². The average molecular weight is 278 g/mol. The Morgan fingerprint density at radius 3 is 2.61 bits per heavy atom. The molecule has 0 atom stereocenters. The van der Waals surface area contributed by atoms with E-state index >= 15 is 0 Å². The summed E-state index contributed by atoms with van der Waals surface area (Å²) < 4.78 is 13.2. The zero-order chi connectivity index (χ0) is 12.7. The fraction of sp³-hybridized carbons (Fsp3) is 0.